The molecule has 0 amide bonds. The fourth-order valence-electron chi connectivity index (χ4n) is 3.29. The van der Waals surface area contributed by atoms with Crippen LogP contribution in [0, 0.1) is 11.8 Å². The van der Waals surface area contributed by atoms with Crippen molar-refractivity contribution >= 4 is 45.6 Å². The SMILES string of the molecule is Cl.NC1CCC2CN(S(=O)(=O)c3ccc(Cl)cc3Cl)CC12. The van der Waals surface area contributed by atoms with Crippen molar-refractivity contribution < 1.29 is 8.42 Å². The molecule has 1 heterocycles. The van der Waals surface area contributed by atoms with Crippen molar-refractivity contribution in [1.29, 1.82) is 0 Å². The van der Waals surface area contributed by atoms with E-state index in [9.17, 15) is 8.42 Å². The minimum absolute atomic E-state index is 0. The molecule has 1 aromatic carbocycles. The summed E-state index contributed by atoms with van der Waals surface area (Å²) in [5.41, 5.74) is 6.05. The van der Waals surface area contributed by atoms with Crippen LogP contribution in [0.15, 0.2) is 23.1 Å². The van der Waals surface area contributed by atoms with Crippen molar-refractivity contribution in [3.05, 3.63) is 28.2 Å². The van der Waals surface area contributed by atoms with Gasteiger partial charge in [-0.15, -0.1) is 12.4 Å². The van der Waals surface area contributed by atoms with Crippen molar-refractivity contribution in [2.45, 2.75) is 23.8 Å². The highest BCUT2D eigenvalue weighted by Gasteiger charge is 2.45. The van der Waals surface area contributed by atoms with E-state index in [2.05, 4.69) is 0 Å². The Bertz CT molecular complexity index is 638. The molecular formula is C13H17Cl3N2O2S. The van der Waals surface area contributed by atoms with Gasteiger partial charge in [0, 0.05) is 24.2 Å². The predicted octanol–water partition coefficient (Wildman–Crippen LogP) is 2.77. The molecule has 1 saturated carbocycles. The van der Waals surface area contributed by atoms with E-state index in [4.69, 9.17) is 28.9 Å². The van der Waals surface area contributed by atoms with E-state index in [-0.39, 0.29) is 34.3 Å². The summed E-state index contributed by atoms with van der Waals surface area (Å²) in [4.78, 5) is 0.122. The van der Waals surface area contributed by atoms with Crippen LogP contribution in [-0.4, -0.2) is 31.9 Å². The highest BCUT2D eigenvalue weighted by Crippen LogP contribution is 2.40. The van der Waals surface area contributed by atoms with Gasteiger partial charge in [0.1, 0.15) is 4.90 Å². The molecule has 1 aliphatic heterocycles. The molecule has 2 fully saturated rings. The quantitative estimate of drug-likeness (QED) is 0.869. The Balaban J connectivity index is 0.00000161. The molecule has 2 N–H and O–H groups in total. The van der Waals surface area contributed by atoms with Crippen molar-refractivity contribution in [2.24, 2.45) is 17.6 Å². The number of nitrogens with zero attached hydrogens (tertiary/aromatic N) is 1. The minimum atomic E-state index is -3.56. The maximum atomic E-state index is 12.7. The van der Waals surface area contributed by atoms with Crippen LogP contribution >= 0.6 is 35.6 Å². The van der Waals surface area contributed by atoms with Gasteiger partial charge >= 0.3 is 0 Å². The first-order chi connectivity index (χ1) is 9.39. The molecule has 1 aromatic rings. The van der Waals surface area contributed by atoms with E-state index >= 15 is 0 Å². The van der Waals surface area contributed by atoms with E-state index in [1.54, 1.807) is 6.07 Å². The molecule has 0 bridgehead atoms. The highest BCUT2D eigenvalue weighted by atomic mass is 35.5. The van der Waals surface area contributed by atoms with E-state index < -0.39 is 10.0 Å². The molecule has 118 valence electrons. The number of rotatable bonds is 2. The molecule has 0 spiro atoms. The summed E-state index contributed by atoms with van der Waals surface area (Å²) in [6, 6.07) is 4.58. The molecule has 3 atom stereocenters. The standard InChI is InChI=1S/C13H16Cl2N2O2S.ClH/c14-9-2-4-13(11(15)5-9)20(18,19)17-6-8-1-3-12(16)10(8)7-17;/h2,4-5,8,10,12H,1,3,6-7,16H2;1H. The van der Waals surface area contributed by atoms with Gasteiger partial charge in [-0.2, -0.15) is 4.31 Å². The summed E-state index contributed by atoms with van der Waals surface area (Å²) in [6.45, 7) is 1.03. The lowest BCUT2D eigenvalue weighted by Gasteiger charge is -2.19. The number of fused-ring (bicyclic) bond motifs is 1. The Kier molecular flexibility index (Phi) is 5.13. The summed E-state index contributed by atoms with van der Waals surface area (Å²) < 4.78 is 26.8. The van der Waals surface area contributed by atoms with Crippen molar-refractivity contribution in [3.8, 4) is 0 Å². The van der Waals surface area contributed by atoms with Gasteiger partial charge in [0.05, 0.1) is 5.02 Å². The topological polar surface area (TPSA) is 63.4 Å². The number of halogens is 3. The van der Waals surface area contributed by atoms with Crippen LogP contribution in [0.25, 0.3) is 0 Å². The van der Waals surface area contributed by atoms with E-state index in [1.807, 2.05) is 0 Å². The zero-order valence-electron chi connectivity index (χ0n) is 11.2. The second-order valence-electron chi connectivity index (χ2n) is 5.56. The Hall–Kier alpha value is -0.0400. The third-order valence-electron chi connectivity index (χ3n) is 4.39. The van der Waals surface area contributed by atoms with Crippen LogP contribution in [0.3, 0.4) is 0 Å². The van der Waals surface area contributed by atoms with Gasteiger partial charge in [-0.1, -0.05) is 23.2 Å². The normalized spacial score (nSPS) is 29.2. The number of nitrogens with two attached hydrogens (primary N) is 1. The van der Waals surface area contributed by atoms with Crippen LogP contribution in [0.5, 0.6) is 0 Å². The zero-order valence-corrected chi connectivity index (χ0v) is 14.4. The summed E-state index contributed by atoms with van der Waals surface area (Å²) in [7, 11) is -3.56. The molecule has 1 saturated heterocycles. The second-order valence-corrected chi connectivity index (χ2v) is 8.31. The largest absolute Gasteiger partial charge is 0.327 e. The van der Waals surface area contributed by atoms with Crippen LogP contribution in [0.1, 0.15) is 12.8 Å². The second kappa shape index (κ2) is 6.22. The van der Waals surface area contributed by atoms with Gasteiger partial charge in [0.2, 0.25) is 10.0 Å². The van der Waals surface area contributed by atoms with Crippen molar-refractivity contribution in [1.82, 2.24) is 4.31 Å². The van der Waals surface area contributed by atoms with Crippen LogP contribution in [0.4, 0.5) is 0 Å². The maximum Gasteiger partial charge on any atom is 0.244 e. The minimum Gasteiger partial charge on any atom is -0.327 e. The van der Waals surface area contributed by atoms with Crippen molar-refractivity contribution in [3.63, 3.8) is 0 Å². The average molecular weight is 372 g/mol. The van der Waals surface area contributed by atoms with Crippen molar-refractivity contribution in [2.75, 3.05) is 13.1 Å². The fourth-order valence-corrected chi connectivity index (χ4v) is 5.57. The van der Waals surface area contributed by atoms with Gasteiger partial charge in [-0.05, 0) is 42.9 Å². The zero-order chi connectivity index (χ0) is 14.5. The first kappa shape index (κ1) is 17.3. The third-order valence-corrected chi connectivity index (χ3v) is 6.94. The highest BCUT2D eigenvalue weighted by molar-refractivity contribution is 7.89. The van der Waals surface area contributed by atoms with Crippen LogP contribution in [-0.2, 0) is 10.0 Å². The lowest BCUT2D eigenvalue weighted by molar-refractivity contribution is 0.427. The third kappa shape index (κ3) is 3.05. The Morgan fingerprint density at radius 1 is 1.19 bits per heavy atom. The summed E-state index contributed by atoms with van der Waals surface area (Å²) in [6.07, 6.45) is 2.00. The molecule has 0 radical (unpaired) electrons. The number of sulfonamides is 1. The van der Waals surface area contributed by atoms with Crippen LogP contribution < -0.4 is 5.73 Å². The average Bonchev–Trinajstić information content (AvgIpc) is 2.92. The molecule has 21 heavy (non-hydrogen) atoms. The smallest absolute Gasteiger partial charge is 0.244 e. The van der Waals surface area contributed by atoms with E-state index in [1.165, 1.54) is 16.4 Å². The summed E-state index contributed by atoms with van der Waals surface area (Å²) in [5.74, 6) is 0.654. The number of benzene rings is 1. The lowest BCUT2D eigenvalue weighted by atomic mass is 9.98. The Morgan fingerprint density at radius 3 is 2.52 bits per heavy atom. The Morgan fingerprint density at radius 2 is 1.90 bits per heavy atom. The van der Waals surface area contributed by atoms with Crippen LogP contribution in [0.2, 0.25) is 10.0 Å². The van der Waals surface area contributed by atoms with Gasteiger partial charge in [-0.25, -0.2) is 8.42 Å². The molecule has 1 aliphatic carbocycles. The molecule has 8 heteroatoms. The molecule has 4 nitrogen and oxygen atoms in total. The maximum absolute atomic E-state index is 12.7. The van der Waals surface area contributed by atoms with E-state index in [0.29, 0.717) is 24.0 Å². The monoisotopic (exact) mass is 370 g/mol. The van der Waals surface area contributed by atoms with Gasteiger partial charge in [0.25, 0.3) is 0 Å². The number of hydrogen-bond donors (Lipinski definition) is 1. The molecule has 3 rings (SSSR count). The van der Waals surface area contributed by atoms with Gasteiger partial charge < -0.3 is 5.73 Å². The molecular weight excluding hydrogens is 355 g/mol. The van der Waals surface area contributed by atoms with Gasteiger partial charge in [-0.3, -0.25) is 0 Å². The molecule has 0 aromatic heterocycles. The summed E-state index contributed by atoms with van der Waals surface area (Å²) >= 11 is 11.8. The van der Waals surface area contributed by atoms with E-state index in [0.717, 1.165) is 12.8 Å². The predicted molar refractivity (Wildman–Crippen MR) is 86.7 cm³/mol. The molecule has 3 unspecified atom stereocenters. The van der Waals surface area contributed by atoms with Gasteiger partial charge in [0.15, 0.2) is 0 Å². The first-order valence-corrected chi connectivity index (χ1v) is 8.80. The molecule has 2 aliphatic rings. The lowest BCUT2D eigenvalue weighted by Crippen LogP contribution is -2.33. The summed E-state index contributed by atoms with van der Waals surface area (Å²) in [5, 5.41) is 0.591. The first-order valence-electron chi connectivity index (χ1n) is 6.60. The fraction of sp³-hybridized carbons (Fsp3) is 0.538. The number of hydrogen-bond acceptors (Lipinski definition) is 3. The Labute approximate surface area is 141 Å².